The molecule has 0 amide bonds. The number of rotatable bonds is 5. The summed E-state index contributed by atoms with van der Waals surface area (Å²) < 4.78 is 0. The molecule has 1 aliphatic carbocycles. The van der Waals surface area contributed by atoms with Crippen molar-refractivity contribution in [2.75, 3.05) is 13.6 Å². The third-order valence-electron chi connectivity index (χ3n) is 4.13. The van der Waals surface area contributed by atoms with Gasteiger partial charge in [-0.3, -0.25) is 4.90 Å². The lowest BCUT2D eigenvalue weighted by Gasteiger charge is -2.34. The molecule has 1 aromatic heterocycles. The van der Waals surface area contributed by atoms with Gasteiger partial charge in [-0.25, -0.2) is 0 Å². The van der Waals surface area contributed by atoms with Gasteiger partial charge < -0.3 is 5.73 Å². The number of nitrogens with zero attached hydrogens (tertiary/aromatic N) is 1. The van der Waals surface area contributed by atoms with Crippen LogP contribution in [0.1, 0.15) is 50.6 Å². The summed E-state index contributed by atoms with van der Waals surface area (Å²) in [6.07, 6.45) is 7.07. The van der Waals surface area contributed by atoms with Crippen LogP contribution in [0.2, 0.25) is 0 Å². The molecule has 2 nitrogen and oxygen atoms in total. The second-order valence-corrected chi connectivity index (χ2v) is 6.58. The number of hydrogen-bond acceptors (Lipinski definition) is 3. The Balaban J connectivity index is 1.97. The fraction of sp³-hybridized carbons (Fsp3) is 0.733. The Morgan fingerprint density at radius 1 is 1.39 bits per heavy atom. The van der Waals surface area contributed by atoms with E-state index < -0.39 is 0 Å². The zero-order chi connectivity index (χ0) is 13.0. The lowest BCUT2D eigenvalue weighted by atomic mass is 9.88. The molecule has 1 aliphatic rings. The second kappa shape index (κ2) is 6.69. The van der Waals surface area contributed by atoms with Gasteiger partial charge >= 0.3 is 0 Å². The molecule has 2 unspecified atom stereocenters. The predicted molar refractivity (Wildman–Crippen MR) is 79.9 cm³/mol. The van der Waals surface area contributed by atoms with Gasteiger partial charge in [0, 0.05) is 12.6 Å². The third kappa shape index (κ3) is 3.56. The lowest BCUT2D eigenvalue weighted by Crippen LogP contribution is -2.39. The minimum Gasteiger partial charge on any atom is -0.326 e. The van der Waals surface area contributed by atoms with Crippen molar-refractivity contribution in [3.8, 4) is 0 Å². The quantitative estimate of drug-likeness (QED) is 0.881. The van der Waals surface area contributed by atoms with Crippen molar-refractivity contribution in [2.45, 2.75) is 51.1 Å². The van der Waals surface area contributed by atoms with E-state index in [2.05, 4.69) is 35.7 Å². The molecule has 1 saturated carbocycles. The molecule has 102 valence electrons. The van der Waals surface area contributed by atoms with E-state index in [1.54, 1.807) is 11.3 Å². The minimum atomic E-state index is 0.188. The van der Waals surface area contributed by atoms with E-state index in [-0.39, 0.29) is 6.04 Å². The average Bonchev–Trinajstić information content (AvgIpc) is 2.83. The Morgan fingerprint density at radius 2 is 2.11 bits per heavy atom. The van der Waals surface area contributed by atoms with Crippen molar-refractivity contribution in [2.24, 2.45) is 11.7 Å². The van der Waals surface area contributed by atoms with E-state index >= 15 is 0 Å². The molecule has 0 aromatic carbocycles. The van der Waals surface area contributed by atoms with E-state index in [1.807, 2.05) is 0 Å². The highest BCUT2D eigenvalue weighted by Gasteiger charge is 2.24. The molecule has 1 fully saturated rings. The van der Waals surface area contributed by atoms with Crippen LogP contribution in [0.4, 0.5) is 0 Å². The molecule has 18 heavy (non-hydrogen) atoms. The van der Waals surface area contributed by atoms with Crippen LogP contribution < -0.4 is 5.73 Å². The number of likely N-dealkylation sites (N-methyl/N-ethyl adjacent to an activating group) is 1. The van der Waals surface area contributed by atoms with Gasteiger partial charge in [-0.05, 0) is 55.1 Å². The highest BCUT2D eigenvalue weighted by molar-refractivity contribution is 7.07. The molecule has 1 aromatic rings. The first-order valence-electron chi connectivity index (χ1n) is 7.16. The first kappa shape index (κ1) is 14.0. The van der Waals surface area contributed by atoms with Crippen molar-refractivity contribution in [1.29, 1.82) is 0 Å². The molecule has 2 rings (SSSR count). The summed E-state index contributed by atoms with van der Waals surface area (Å²) in [6.45, 7) is 3.32. The molecule has 0 spiro atoms. The van der Waals surface area contributed by atoms with E-state index in [9.17, 15) is 0 Å². The number of hydrogen-bond donors (Lipinski definition) is 1. The first-order valence-corrected chi connectivity index (χ1v) is 8.10. The van der Waals surface area contributed by atoms with Gasteiger partial charge in [0.05, 0.1) is 6.04 Å². The summed E-state index contributed by atoms with van der Waals surface area (Å²) in [7, 11) is 2.24. The lowest BCUT2D eigenvalue weighted by molar-refractivity contribution is 0.167. The maximum atomic E-state index is 6.20. The zero-order valence-electron chi connectivity index (χ0n) is 11.6. The van der Waals surface area contributed by atoms with Crippen LogP contribution in [0.25, 0.3) is 0 Å². The van der Waals surface area contributed by atoms with Crippen LogP contribution in [0.3, 0.4) is 0 Å². The molecule has 0 bridgehead atoms. The van der Waals surface area contributed by atoms with Crippen LogP contribution >= 0.6 is 11.3 Å². The van der Waals surface area contributed by atoms with E-state index in [4.69, 9.17) is 5.73 Å². The highest BCUT2D eigenvalue weighted by atomic mass is 32.1. The smallest absolute Gasteiger partial charge is 0.0501 e. The largest absolute Gasteiger partial charge is 0.326 e. The summed E-state index contributed by atoms with van der Waals surface area (Å²) in [5.41, 5.74) is 7.58. The van der Waals surface area contributed by atoms with Crippen molar-refractivity contribution in [3.63, 3.8) is 0 Å². The van der Waals surface area contributed by atoms with Gasteiger partial charge in [0.15, 0.2) is 0 Å². The van der Waals surface area contributed by atoms with Crippen LogP contribution in [-0.2, 0) is 0 Å². The molecule has 0 radical (unpaired) electrons. The highest BCUT2D eigenvalue weighted by Crippen LogP contribution is 2.29. The van der Waals surface area contributed by atoms with Crippen LogP contribution in [0.15, 0.2) is 16.8 Å². The SMILES string of the molecule is CC(N)C(c1ccsc1)N(C)CC1CCCCC1. The van der Waals surface area contributed by atoms with Gasteiger partial charge in [0.25, 0.3) is 0 Å². The third-order valence-corrected chi connectivity index (χ3v) is 4.83. The topological polar surface area (TPSA) is 29.3 Å². The first-order chi connectivity index (χ1) is 8.68. The van der Waals surface area contributed by atoms with Gasteiger partial charge in [0.1, 0.15) is 0 Å². The molecular weight excluding hydrogens is 240 g/mol. The standard InChI is InChI=1S/C15H26N2S/c1-12(16)15(14-8-9-18-11-14)17(2)10-13-6-4-3-5-7-13/h8-9,11-13,15H,3-7,10,16H2,1-2H3. The Morgan fingerprint density at radius 3 is 2.67 bits per heavy atom. The molecule has 2 N–H and O–H groups in total. The van der Waals surface area contributed by atoms with E-state index in [0.29, 0.717) is 6.04 Å². The van der Waals surface area contributed by atoms with Gasteiger partial charge in [-0.2, -0.15) is 11.3 Å². The molecule has 2 atom stereocenters. The summed E-state index contributed by atoms with van der Waals surface area (Å²) in [6, 6.07) is 2.78. The Hall–Kier alpha value is -0.380. The molecule has 0 saturated heterocycles. The van der Waals surface area contributed by atoms with E-state index in [0.717, 1.165) is 5.92 Å². The molecule has 3 heteroatoms. The number of thiophene rings is 1. The van der Waals surface area contributed by atoms with E-state index in [1.165, 1.54) is 44.2 Å². The number of nitrogens with two attached hydrogens (primary N) is 1. The molecule has 0 aliphatic heterocycles. The zero-order valence-corrected chi connectivity index (χ0v) is 12.5. The second-order valence-electron chi connectivity index (χ2n) is 5.80. The van der Waals surface area contributed by atoms with Crippen molar-refractivity contribution >= 4 is 11.3 Å². The monoisotopic (exact) mass is 266 g/mol. The van der Waals surface area contributed by atoms with Crippen molar-refractivity contribution in [3.05, 3.63) is 22.4 Å². The van der Waals surface area contributed by atoms with Crippen LogP contribution in [0.5, 0.6) is 0 Å². The van der Waals surface area contributed by atoms with Gasteiger partial charge in [0.2, 0.25) is 0 Å². The fourth-order valence-electron chi connectivity index (χ4n) is 3.29. The predicted octanol–water partition coefficient (Wildman–Crippen LogP) is 3.65. The van der Waals surface area contributed by atoms with Crippen LogP contribution in [-0.4, -0.2) is 24.5 Å². The minimum absolute atomic E-state index is 0.188. The van der Waals surface area contributed by atoms with Gasteiger partial charge in [-0.15, -0.1) is 0 Å². The maximum absolute atomic E-state index is 6.20. The van der Waals surface area contributed by atoms with Gasteiger partial charge in [-0.1, -0.05) is 19.3 Å². The Labute approximate surface area is 115 Å². The Kier molecular flexibility index (Phi) is 5.22. The summed E-state index contributed by atoms with van der Waals surface area (Å²) in [5, 5.41) is 4.39. The van der Waals surface area contributed by atoms with Crippen molar-refractivity contribution in [1.82, 2.24) is 4.90 Å². The molecular formula is C15H26N2S. The summed E-state index contributed by atoms with van der Waals surface area (Å²) in [5.74, 6) is 0.878. The Bertz CT molecular complexity index is 328. The van der Waals surface area contributed by atoms with Crippen molar-refractivity contribution < 1.29 is 0 Å². The average molecular weight is 266 g/mol. The fourth-order valence-corrected chi connectivity index (χ4v) is 3.98. The normalized spacial score (nSPS) is 21.1. The van der Waals surface area contributed by atoms with Crippen LogP contribution in [0, 0.1) is 5.92 Å². The summed E-state index contributed by atoms with van der Waals surface area (Å²) >= 11 is 1.77. The molecule has 1 heterocycles. The summed E-state index contributed by atoms with van der Waals surface area (Å²) in [4.78, 5) is 2.47. The maximum Gasteiger partial charge on any atom is 0.0501 e.